The number of hydrogen-bond donors (Lipinski definition) is 0. The quantitative estimate of drug-likeness (QED) is 0.713. The fraction of sp³-hybridized carbons (Fsp3) is 0.733. The van der Waals surface area contributed by atoms with Crippen LogP contribution in [-0.4, -0.2) is 31.6 Å². The lowest BCUT2D eigenvalue weighted by atomic mass is 9.47. The summed E-state index contributed by atoms with van der Waals surface area (Å²) in [5.74, 6) is -0.965. The second-order valence-corrected chi connectivity index (χ2v) is 6.03. The standard InChI is InChI=1S/C15H20O4/c1-9-11-8-10-4-6-14(11,7-5-12(9)16)15(18-2,19-3)13(10)17/h5,7,9-11H,4,6,8H2,1-3H3/t9-,10-,11?,14-/m0/s1. The molecule has 104 valence electrons. The Labute approximate surface area is 113 Å². The van der Waals surface area contributed by atoms with E-state index in [9.17, 15) is 9.59 Å². The molecular weight excluding hydrogens is 244 g/mol. The molecule has 19 heavy (non-hydrogen) atoms. The van der Waals surface area contributed by atoms with E-state index in [-0.39, 0.29) is 29.3 Å². The van der Waals surface area contributed by atoms with Gasteiger partial charge in [0.2, 0.25) is 5.79 Å². The van der Waals surface area contributed by atoms with Gasteiger partial charge >= 0.3 is 0 Å². The van der Waals surface area contributed by atoms with E-state index in [1.54, 1.807) is 6.08 Å². The lowest BCUT2D eigenvalue weighted by Crippen LogP contribution is -2.69. The number of Topliss-reactive ketones (excluding diaryl/α,β-unsaturated/α-hetero) is 1. The first-order chi connectivity index (χ1) is 9.02. The Bertz CT molecular complexity index is 463. The molecule has 0 heterocycles. The van der Waals surface area contributed by atoms with Gasteiger partial charge < -0.3 is 9.47 Å². The third-order valence-electron chi connectivity index (χ3n) is 5.59. The zero-order valence-corrected chi connectivity index (χ0v) is 11.6. The molecule has 4 aliphatic rings. The van der Waals surface area contributed by atoms with Crippen LogP contribution in [0.3, 0.4) is 0 Å². The van der Waals surface area contributed by atoms with Crippen LogP contribution in [0.4, 0.5) is 0 Å². The van der Waals surface area contributed by atoms with Gasteiger partial charge in [-0.05, 0) is 31.3 Å². The summed E-state index contributed by atoms with van der Waals surface area (Å²) in [7, 11) is 3.06. The van der Waals surface area contributed by atoms with Gasteiger partial charge in [0.1, 0.15) is 0 Å². The molecule has 0 N–H and O–H groups in total. The Kier molecular flexibility index (Phi) is 2.74. The van der Waals surface area contributed by atoms with Gasteiger partial charge in [0.25, 0.3) is 0 Å². The molecule has 4 rings (SSSR count). The number of carbonyl (C=O) groups excluding carboxylic acids is 2. The molecule has 4 aliphatic carbocycles. The Morgan fingerprint density at radius 3 is 2.58 bits per heavy atom. The highest BCUT2D eigenvalue weighted by Crippen LogP contribution is 2.62. The third kappa shape index (κ3) is 1.31. The van der Waals surface area contributed by atoms with Crippen molar-refractivity contribution in [3.05, 3.63) is 12.2 Å². The number of allylic oxidation sites excluding steroid dienone is 1. The minimum absolute atomic E-state index is 0.0338. The summed E-state index contributed by atoms with van der Waals surface area (Å²) in [6.45, 7) is 1.96. The molecule has 1 unspecified atom stereocenters. The Morgan fingerprint density at radius 2 is 1.95 bits per heavy atom. The second kappa shape index (κ2) is 4.00. The summed E-state index contributed by atoms with van der Waals surface area (Å²) in [6, 6.07) is 0. The molecule has 4 heteroatoms. The number of rotatable bonds is 2. The first kappa shape index (κ1) is 13.0. The molecule has 4 nitrogen and oxygen atoms in total. The lowest BCUT2D eigenvalue weighted by Gasteiger charge is -2.61. The molecule has 1 spiro atoms. The zero-order chi connectivity index (χ0) is 13.8. The first-order valence-electron chi connectivity index (χ1n) is 6.90. The number of methoxy groups -OCH3 is 2. The summed E-state index contributed by atoms with van der Waals surface area (Å²) in [5, 5.41) is 0. The van der Waals surface area contributed by atoms with Crippen molar-refractivity contribution in [1.29, 1.82) is 0 Å². The normalized spacial score (nSPS) is 43.4. The summed E-state index contributed by atoms with van der Waals surface area (Å²) in [6.07, 6.45) is 6.01. The van der Waals surface area contributed by atoms with E-state index < -0.39 is 11.2 Å². The van der Waals surface area contributed by atoms with Crippen molar-refractivity contribution in [2.24, 2.45) is 23.2 Å². The van der Waals surface area contributed by atoms with Gasteiger partial charge in [0.15, 0.2) is 11.6 Å². The van der Waals surface area contributed by atoms with Crippen molar-refractivity contribution in [1.82, 2.24) is 0 Å². The van der Waals surface area contributed by atoms with Crippen molar-refractivity contribution in [3.8, 4) is 0 Å². The molecule has 0 aliphatic heterocycles. The van der Waals surface area contributed by atoms with Gasteiger partial charge in [-0.1, -0.05) is 13.0 Å². The highest BCUT2D eigenvalue weighted by molar-refractivity contribution is 5.96. The smallest absolute Gasteiger partial charge is 0.238 e. The fourth-order valence-corrected chi connectivity index (χ4v) is 4.59. The Hall–Kier alpha value is -1.00. The van der Waals surface area contributed by atoms with Crippen LogP contribution in [0.2, 0.25) is 0 Å². The molecule has 2 bridgehead atoms. The monoisotopic (exact) mass is 264 g/mol. The maximum absolute atomic E-state index is 12.6. The van der Waals surface area contributed by atoms with E-state index in [4.69, 9.17) is 9.47 Å². The van der Waals surface area contributed by atoms with E-state index in [2.05, 4.69) is 0 Å². The van der Waals surface area contributed by atoms with E-state index in [0.29, 0.717) is 0 Å². The molecule has 3 saturated carbocycles. The van der Waals surface area contributed by atoms with Gasteiger partial charge in [-0.2, -0.15) is 0 Å². The molecule has 0 saturated heterocycles. The summed E-state index contributed by atoms with van der Waals surface area (Å²) in [5.41, 5.74) is -0.477. The Balaban J connectivity index is 2.19. The second-order valence-electron chi connectivity index (χ2n) is 6.03. The van der Waals surface area contributed by atoms with E-state index >= 15 is 0 Å². The van der Waals surface area contributed by atoms with Crippen LogP contribution in [0.25, 0.3) is 0 Å². The van der Waals surface area contributed by atoms with Gasteiger partial charge in [-0.3, -0.25) is 9.59 Å². The van der Waals surface area contributed by atoms with Crippen molar-refractivity contribution >= 4 is 11.6 Å². The number of ether oxygens (including phenoxy) is 2. The molecular formula is C15H20O4. The Morgan fingerprint density at radius 1 is 1.26 bits per heavy atom. The van der Waals surface area contributed by atoms with Crippen LogP contribution in [0.1, 0.15) is 26.2 Å². The fourth-order valence-electron chi connectivity index (χ4n) is 4.59. The summed E-state index contributed by atoms with van der Waals surface area (Å²) < 4.78 is 11.2. The van der Waals surface area contributed by atoms with Crippen LogP contribution < -0.4 is 0 Å². The maximum atomic E-state index is 12.6. The molecule has 0 aromatic rings. The number of fused-ring (bicyclic) bond motifs is 2. The highest BCUT2D eigenvalue weighted by Gasteiger charge is 2.69. The van der Waals surface area contributed by atoms with E-state index in [1.165, 1.54) is 14.2 Å². The largest absolute Gasteiger partial charge is 0.346 e. The average molecular weight is 264 g/mol. The predicted molar refractivity (Wildman–Crippen MR) is 68.3 cm³/mol. The van der Waals surface area contributed by atoms with Gasteiger partial charge in [-0.15, -0.1) is 0 Å². The topological polar surface area (TPSA) is 52.6 Å². The van der Waals surface area contributed by atoms with Crippen molar-refractivity contribution in [2.45, 2.75) is 32.0 Å². The molecule has 3 fully saturated rings. The van der Waals surface area contributed by atoms with Crippen LogP contribution in [0.15, 0.2) is 12.2 Å². The summed E-state index contributed by atoms with van der Waals surface area (Å²) in [4.78, 5) is 24.6. The predicted octanol–water partition coefficient (Wildman–Crippen LogP) is 1.74. The molecule has 0 aromatic carbocycles. The highest BCUT2D eigenvalue weighted by atomic mass is 16.7. The van der Waals surface area contributed by atoms with E-state index in [0.717, 1.165) is 19.3 Å². The van der Waals surface area contributed by atoms with Crippen LogP contribution in [0.5, 0.6) is 0 Å². The molecule has 0 radical (unpaired) electrons. The molecule has 4 atom stereocenters. The van der Waals surface area contributed by atoms with Crippen molar-refractivity contribution < 1.29 is 19.1 Å². The maximum Gasteiger partial charge on any atom is 0.238 e. The number of carbonyl (C=O) groups is 2. The van der Waals surface area contributed by atoms with Crippen LogP contribution in [-0.2, 0) is 19.1 Å². The molecule has 0 amide bonds. The zero-order valence-electron chi connectivity index (χ0n) is 11.6. The lowest BCUT2D eigenvalue weighted by molar-refractivity contribution is -0.290. The van der Waals surface area contributed by atoms with Crippen LogP contribution in [0, 0.1) is 23.2 Å². The van der Waals surface area contributed by atoms with Crippen LogP contribution >= 0.6 is 0 Å². The number of ketones is 2. The average Bonchev–Trinajstić information content (AvgIpc) is 2.44. The van der Waals surface area contributed by atoms with Gasteiger partial charge in [0.05, 0.1) is 5.41 Å². The SMILES string of the molecule is COC1(OC)C(=O)[C@H]2CC[C@@]13C=CC(=O)[C@@H](C)C3C2. The third-order valence-corrected chi connectivity index (χ3v) is 5.59. The minimum Gasteiger partial charge on any atom is -0.346 e. The van der Waals surface area contributed by atoms with Gasteiger partial charge in [0, 0.05) is 26.1 Å². The van der Waals surface area contributed by atoms with Crippen molar-refractivity contribution in [3.63, 3.8) is 0 Å². The summed E-state index contributed by atoms with van der Waals surface area (Å²) >= 11 is 0. The minimum atomic E-state index is -1.20. The van der Waals surface area contributed by atoms with E-state index in [1.807, 2.05) is 13.0 Å². The van der Waals surface area contributed by atoms with Gasteiger partial charge in [-0.25, -0.2) is 0 Å². The van der Waals surface area contributed by atoms with Crippen molar-refractivity contribution in [2.75, 3.05) is 14.2 Å². The molecule has 0 aromatic heterocycles. The first-order valence-corrected chi connectivity index (χ1v) is 6.90. The number of hydrogen-bond acceptors (Lipinski definition) is 4.